The highest BCUT2D eigenvalue weighted by atomic mass is 16.5. The standard InChI is InChI=1S/C16H18O3/c1-18-13-10-15(17)14(16(11-13)19-2)9-8-12-6-4-3-5-7-12/h3-7,10-11,17H,8-9H2,1-2H3. The first kappa shape index (κ1) is 13.3. The van der Waals surface area contributed by atoms with Crippen molar-refractivity contribution in [3.05, 3.63) is 53.6 Å². The van der Waals surface area contributed by atoms with Crippen LogP contribution in [-0.4, -0.2) is 19.3 Å². The molecule has 0 unspecified atom stereocenters. The van der Waals surface area contributed by atoms with E-state index in [4.69, 9.17) is 9.47 Å². The molecule has 0 aromatic heterocycles. The van der Waals surface area contributed by atoms with Gasteiger partial charge in [-0.15, -0.1) is 0 Å². The van der Waals surface area contributed by atoms with E-state index < -0.39 is 0 Å². The molecule has 0 radical (unpaired) electrons. The predicted octanol–water partition coefficient (Wildman–Crippen LogP) is 3.19. The fraction of sp³-hybridized carbons (Fsp3) is 0.250. The summed E-state index contributed by atoms with van der Waals surface area (Å²) in [5.74, 6) is 1.47. The summed E-state index contributed by atoms with van der Waals surface area (Å²) in [7, 11) is 3.16. The van der Waals surface area contributed by atoms with E-state index in [0.717, 1.165) is 18.4 Å². The molecule has 0 aliphatic heterocycles. The lowest BCUT2D eigenvalue weighted by Crippen LogP contribution is -1.97. The summed E-state index contributed by atoms with van der Waals surface area (Å²) >= 11 is 0. The minimum Gasteiger partial charge on any atom is -0.507 e. The van der Waals surface area contributed by atoms with Crippen LogP contribution in [0.3, 0.4) is 0 Å². The van der Waals surface area contributed by atoms with Crippen LogP contribution < -0.4 is 9.47 Å². The summed E-state index contributed by atoms with van der Waals surface area (Å²) in [5.41, 5.74) is 2.05. The first-order valence-corrected chi connectivity index (χ1v) is 6.22. The molecule has 0 aliphatic carbocycles. The van der Waals surface area contributed by atoms with Gasteiger partial charge in [-0.3, -0.25) is 0 Å². The van der Waals surface area contributed by atoms with Gasteiger partial charge in [-0.1, -0.05) is 30.3 Å². The van der Waals surface area contributed by atoms with Gasteiger partial charge in [0, 0.05) is 17.7 Å². The van der Waals surface area contributed by atoms with Gasteiger partial charge in [0.2, 0.25) is 0 Å². The molecule has 19 heavy (non-hydrogen) atoms. The van der Waals surface area contributed by atoms with Gasteiger partial charge in [0.1, 0.15) is 17.2 Å². The summed E-state index contributed by atoms with van der Waals surface area (Å²) in [6.45, 7) is 0. The maximum absolute atomic E-state index is 10.1. The third-order valence-electron chi connectivity index (χ3n) is 3.12. The van der Waals surface area contributed by atoms with Gasteiger partial charge in [0.15, 0.2) is 0 Å². The second-order valence-corrected chi connectivity index (χ2v) is 4.31. The van der Waals surface area contributed by atoms with E-state index in [1.165, 1.54) is 5.56 Å². The first-order valence-electron chi connectivity index (χ1n) is 6.22. The molecule has 0 amide bonds. The first-order chi connectivity index (χ1) is 9.24. The van der Waals surface area contributed by atoms with E-state index in [1.54, 1.807) is 26.4 Å². The zero-order valence-electron chi connectivity index (χ0n) is 11.2. The Balaban J connectivity index is 2.20. The maximum atomic E-state index is 10.1. The van der Waals surface area contributed by atoms with Crippen molar-refractivity contribution in [1.29, 1.82) is 0 Å². The third kappa shape index (κ3) is 3.19. The molecule has 0 saturated carbocycles. The molecule has 0 spiro atoms. The van der Waals surface area contributed by atoms with E-state index in [0.29, 0.717) is 11.5 Å². The van der Waals surface area contributed by atoms with Crippen molar-refractivity contribution in [2.24, 2.45) is 0 Å². The fourth-order valence-corrected chi connectivity index (χ4v) is 2.07. The Hall–Kier alpha value is -2.16. The Bertz CT molecular complexity index is 535. The van der Waals surface area contributed by atoms with Crippen LogP contribution in [0.15, 0.2) is 42.5 Å². The number of aryl methyl sites for hydroxylation is 1. The second kappa shape index (κ2) is 6.14. The summed E-state index contributed by atoms with van der Waals surface area (Å²) in [6, 6.07) is 13.6. The number of hydrogen-bond acceptors (Lipinski definition) is 3. The number of ether oxygens (including phenoxy) is 2. The average Bonchev–Trinajstić information content (AvgIpc) is 2.46. The van der Waals surface area contributed by atoms with Crippen molar-refractivity contribution >= 4 is 0 Å². The molecule has 3 nitrogen and oxygen atoms in total. The van der Waals surface area contributed by atoms with Gasteiger partial charge in [-0.25, -0.2) is 0 Å². The molecule has 2 aromatic carbocycles. The second-order valence-electron chi connectivity index (χ2n) is 4.31. The molecule has 100 valence electrons. The van der Waals surface area contributed by atoms with Crippen molar-refractivity contribution in [2.75, 3.05) is 14.2 Å². The van der Waals surface area contributed by atoms with Crippen molar-refractivity contribution in [2.45, 2.75) is 12.8 Å². The molecule has 0 saturated heterocycles. The number of methoxy groups -OCH3 is 2. The predicted molar refractivity (Wildman–Crippen MR) is 75.1 cm³/mol. The Morgan fingerprint density at radius 1 is 0.947 bits per heavy atom. The van der Waals surface area contributed by atoms with Crippen LogP contribution >= 0.6 is 0 Å². The van der Waals surface area contributed by atoms with Crippen molar-refractivity contribution in [1.82, 2.24) is 0 Å². The van der Waals surface area contributed by atoms with E-state index in [1.807, 2.05) is 18.2 Å². The number of aromatic hydroxyl groups is 1. The normalized spacial score (nSPS) is 10.2. The van der Waals surface area contributed by atoms with Crippen molar-refractivity contribution in [3.63, 3.8) is 0 Å². The van der Waals surface area contributed by atoms with Gasteiger partial charge < -0.3 is 14.6 Å². The topological polar surface area (TPSA) is 38.7 Å². The quantitative estimate of drug-likeness (QED) is 0.895. The van der Waals surface area contributed by atoms with Gasteiger partial charge in [0.25, 0.3) is 0 Å². The van der Waals surface area contributed by atoms with Gasteiger partial charge in [0.05, 0.1) is 14.2 Å². The number of rotatable bonds is 5. The van der Waals surface area contributed by atoms with Gasteiger partial charge in [-0.2, -0.15) is 0 Å². The lowest BCUT2D eigenvalue weighted by Gasteiger charge is -2.12. The van der Waals surface area contributed by atoms with E-state index in [2.05, 4.69) is 12.1 Å². The highest BCUT2D eigenvalue weighted by Crippen LogP contribution is 2.34. The summed E-state index contributed by atoms with van der Waals surface area (Å²) in [5, 5.41) is 10.1. The average molecular weight is 258 g/mol. The lowest BCUT2D eigenvalue weighted by atomic mass is 10.0. The Kier molecular flexibility index (Phi) is 4.29. The Labute approximate surface area is 113 Å². The smallest absolute Gasteiger partial charge is 0.129 e. The summed E-state index contributed by atoms with van der Waals surface area (Å²) in [4.78, 5) is 0. The third-order valence-corrected chi connectivity index (χ3v) is 3.12. The highest BCUT2D eigenvalue weighted by molar-refractivity contribution is 5.50. The van der Waals surface area contributed by atoms with Crippen LogP contribution in [0.1, 0.15) is 11.1 Å². The molecule has 0 bridgehead atoms. The largest absolute Gasteiger partial charge is 0.507 e. The minimum atomic E-state index is 0.215. The van der Waals surface area contributed by atoms with E-state index in [9.17, 15) is 5.11 Å². The highest BCUT2D eigenvalue weighted by Gasteiger charge is 2.11. The molecule has 0 atom stereocenters. The lowest BCUT2D eigenvalue weighted by molar-refractivity contribution is 0.379. The van der Waals surface area contributed by atoms with Crippen LogP contribution in [-0.2, 0) is 12.8 Å². The molecule has 3 heteroatoms. The summed E-state index contributed by atoms with van der Waals surface area (Å²) < 4.78 is 10.4. The molecular weight excluding hydrogens is 240 g/mol. The SMILES string of the molecule is COc1cc(O)c(CCc2ccccc2)c(OC)c1. The monoisotopic (exact) mass is 258 g/mol. The van der Waals surface area contributed by atoms with Gasteiger partial charge in [-0.05, 0) is 18.4 Å². The fourth-order valence-electron chi connectivity index (χ4n) is 2.07. The number of hydrogen-bond donors (Lipinski definition) is 1. The zero-order valence-corrected chi connectivity index (χ0v) is 11.2. The molecule has 2 aromatic rings. The molecule has 0 heterocycles. The minimum absolute atomic E-state index is 0.215. The van der Waals surface area contributed by atoms with E-state index in [-0.39, 0.29) is 5.75 Å². The van der Waals surface area contributed by atoms with Crippen LogP contribution in [0, 0.1) is 0 Å². The molecular formula is C16H18O3. The van der Waals surface area contributed by atoms with E-state index >= 15 is 0 Å². The van der Waals surface area contributed by atoms with Crippen LogP contribution in [0.25, 0.3) is 0 Å². The van der Waals surface area contributed by atoms with Crippen molar-refractivity contribution < 1.29 is 14.6 Å². The van der Waals surface area contributed by atoms with Gasteiger partial charge >= 0.3 is 0 Å². The Morgan fingerprint density at radius 2 is 1.68 bits per heavy atom. The van der Waals surface area contributed by atoms with Crippen molar-refractivity contribution in [3.8, 4) is 17.2 Å². The molecule has 0 aliphatic rings. The molecule has 0 fully saturated rings. The van der Waals surface area contributed by atoms with Crippen LogP contribution in [0.4, 0.5) is 0 Å². The summed E-state index contributed by atoms with van der Waals surface area (Å²) in [6.07, 6.45) is 1.58. The Morgan fingerprint density at radius 3 is 2.32 bits per heavy atom. The maximum Gasteiger partial charge on any atom is 0.129 e. The molecule has 2 rings (SSSR count). The number of phenols is 1. The number of benzene rings is 2. The zero-order chi connectivity index (χ0) is 13.7. The van der Waals surface area contributed by atoms with Crippen LogP contribution in [0.2, 0.25) is 0 Å². The van der Waals surface area contributed by atoms with Crippen LogP contribution in [0.5, 0.6) is 17.2 Å². The molecule has 1 N–H and O–H groups in total. The number of phenolic OH excluding ortho intramolecular Hbond substituents is 1.